The number of thiazole rings is 1. The minimum atomic E-state index is -0.986. The van der Waals surface area contributed by atoms with E-state index < -0.39 is 23.5 Å². The molecule has 1 amide bonds. The van der Waals surface area contributed by atoms with Crippen molar-refractivity contribution >= 4 is 49.3 Å². The number of anilines is 1. The molecular weight excluding hydrogens is 528 g/mol. The molecule has 3 heterocycles. The van der Waals surface area contributed by atoms with Gasteiger partial charge in [0.05, 0.1) is 35.5 Å². The van der Waals surface area contributed by atoms with Crippen molar-refractivity contribution in [1.29, 1.82) is 0 Å². The summed E-state index contributed by atoms with van der Waals surface area (Å²) in [5.41, 5.74) is 3.79. The minimum absolute atomic E-state index is 0.0241. The fraction of sp³-hybridized carbons (Fsp3) is 0.194. The molecule has 0 bridgehead atoms. The number of Topliss-reactive ketones (excluding diaryl/α,β-unsaturated/α-hetero) is 1. The highest BCUT2D eigenvalue weighted by Gasteiger charge is 2.47. The van der Waals surface area contributed by atoms with Crippen molar-refractivity contribution in [1.82, 2.24) is 4.98 Å². The number of aliphatic hydroxyl groups is 1. The van der Waals surface area contributed by atoms with Gasteiger partial charge in [-0.05, 0) is 67.8 Å². The Bertz CT molecular complexity index is 1820. The number of nitrogens with zero attached hydrogens (tertiary/aromatic N) is 2. The summed E-state index contributed by atoms with van der Waals surface area (Å²) in [7, 11) is 1.52. The Labute approximate surface area is 234 Å². The molecule has 1 N–H and O–H groups in total. The zero-order chi connectivity index (χ0) is 28.1. The summed E-state index contributed by atoms with van der Waals surface area (Å²) < 4.78 is 18.0. The van der Waals surface area contributed by atoms with Crippen LogP contribution in [0.5, 0.6) is 11.5 Å². The van der Waals surface area contributed by atoms with Crippen molar-refractivity contribution < 1.29 is 28.6 Å². The van der Waals surface area contributed by atoms with Gasteiger partial charge in [-0.25, -0.2) is 4.98 Å². The van der Waals surface area contributed by atoms with Gasteiger partial charge in [-0.15, -0.1) is 0 Å². The maximum atomic E-state index is 14.0. The molecule has 9 heteroatoms. The summed E-state index contributed by atoms with van der Waals surface area (Å²) in [6, 6.07) is 17.1. The largest absolute Gasteiger partial charge is 0.503 e. The van der Waals surface area contributed by atoms with E-state index in [9.17, 15) is 14.7 Å². The molecule has 8 nitrogen and oxygen atoms in total. The number of benzene rings is 3. The Morgan fingerprint density at radius 1 is 1.10 bits per heavy atom. The quantitative estimate of drug-likeness (QED) is 0.220. The fourth-order valence-corrected chi connectivity index (χ4v) is 6.34. The van der Waals surface area contributed by atoms with Crippen molar-refractivity contribution in [2.45, 2.75) is 26.8 Å². The van der Waals surface area contributed by atoms with Gasteiger partial charge < -0.3 is 19.0 Å². The van der Waals surface area contributed by atoms with Gasteiger partial charge in [-0.2, -0.15) is 0 Å². The summed E-state index contributed by atoms with van der Waals surface area (Å²) in [6.45, 7) is 6.27. The monoisotopic (exact) mass is 554 g/mol. The van der Waals surface area contributed by atoms with Crippen LogP contribution in [0.2, 0.25) is 0 Å². The summed E-state index contributed by atoms with van der Waals surface area (Å²) in [5, 5.41) is 12.3. The minimum Gasteiger partial charge on any atom is -0.503 e. The van der Waals surface area contributed by atoms with E-state index in [0.717, 1.165) is 26.7 Å². The third-order valence-electron chi connectivity index (χ3n) is 6.93. The highest BCUT2D eigenvalue weighted by atomic mass is 32.1. The van der Waals surface area contributed by atoms with Crippen molar-refractivity contribution in [3.05, 3.63) is 94.4 Å². The number of hydrogen-bond acceptors (Lipinski definition) is 8. The van der Waals surface area contributed by atoms with Crippen LogP contribution < -0.4 is 14.4 Å². The molecule has 5 aromatic rings. The van der Waals surface area contributed by atoms with Gasteiger partial charge in [-0.1, -0.05) is 41.7 Å². The number of rotatable bonds is 7. The molecule has 0 spiro atoms. The number of hydrogen-bond donors (Lipinski definition) is 1. The third-order valence-corrected chi connectivity index (χ3v) is 7.93. The fourth-order valence-electron chi connectivity index (χ4n) is 5.17. The summed E-state index contributed by atoms with van der Waals surface area (Å²) in [4.78, 5) is 33.8. The second-order valence-electron chi connectivity index (χ2n) is 9.59. The molecule has 0 saturated heterocycles. The van der Waals surface area contributed by atoms with Crippen LogP contribution in [-0.2, 0) is 4.79 Å². The number of furan rings is 1. The molecule has 1 atom stereocenters. The number of fused-ring (bicyclic) bond motifs is 2. The number of carbonyl (C=O) groups excluding carboxylic acids is 2. The Balaban J connectivity index is 1.53. The smallest absolute Gasteiger partial charge is 0.296 e. The molecule has 1 aliphatic heterocycles. The van der Waals surface area contributed by atoms with Crippen LogP contribution in [0.15, 0.2) is 76.4 Å². The number of ketones is 1. The lowest BCUT2D eigenvalue weighted by molar-refractivity contribution is -0.117. The normalized spacial score (nSPS) is 15.4. The first-order valence-corrected chi connectivity index (χ1v) is 13.6. The molecular formula is C31H26N2O6S. The van der Waals surface area contributed by atoms with Crippen LogP contribution in [-0.4, -0.2) is 35.5 Å². The Morgan fingerprint density at radius 3 is 2.65 bits per heavy atom. The van der Waals surface area contributed by atoms with E-state index in [1.54, 1.807) is 30.3 Å². The predicted molar refractivity (Wildman–Crippen MR) is 154 cm³/mol. The molecule has 3 aromatic carbocycles. The standard InChI is InChI=1S/C31H26N2O6S/c1-5-38-21-11-10-19(15-22(21)37-4)27-25(28(34)23-14-18-8-6-7-9-20(18)39-23)29(35)30(36)33(27)31-32-26-17(3)12-16(2)13-24(26)40-31/h6-15,27,35H,5H2,1-4H3/t27-/m0/s1. The van der Waals surface area contributed by atoms with Crippen LogP contribution in [0.4, 0.5) is 5.13 Å². The Morgan fingerprint density at radius 2 is 1.90 bits per heavy atom. The highest BCUT2D eigenvalue weighted by molar-refractivity contribution is 7.22. The number of methoxy groups -OCH3 is 1. The average Bonchev–Trinajstić information content (AvgIpc) is 3.63. The maximum absolute atomic E-state index is 14.0. The lowest BCUT2D eigenvalue weighted by Gasteiger charge is -2.25. The SMILES string of the molecule is CCOc1ccc([C@H]2C(C(=O)c3cc4ccccc4o3)=C(O)C(=O)N2c2nc3c(C)cc(C)cc3s2)cc1OC. The Hall–Kier alpha value is -4.63. The molecule has 2 aromatic heterocycles. The van der Waals surface area contributed by atoms with Crippen LogP contribution >= 0.6 is 11.3 Å². The van der Waals surface area contributed by atoms with E-state index in [2.05, 4.69) is 0 Å². The maximum Gasteiger partial charge on any atom is 0.296 e. The lowest BCUT2D eigenvalue weighted by Crippen LogP contribution is -2.31. The molecule has 0 unspecified atom stereocenters. The van der Waals surface area contributed by atoms with Gasteiger partial charge in [-0.3, -0.25) is 14.5 Å². The van der Waals surface area contributed by atoms with Gasteiger partial charge >= 0.3 is 0 Å². The molecule has 6 rings (SSSR count). The molecule has 40 heavy (non-hydrogen) atoms. The zero-order valence-corrected chi connectivity index (χ0v) is 23.2. The Kier molecular flexibility index (Phi) is 6.31. The van der Waals surface area contributed by atoms with E-state index in [1.165, 1.54) is 23.3 Å². The van der Waals surface area contributed by atoms with Crippen LogP contribution in [0.25, 0.3) is 21.2 Å². The first-order chi connectivity index (χ1) is 19.3. The number of ether oxygens (including phenoxy) is 2. The van der Waals surface area contributed by atoms with Gasteiger partial charge in [0.1, 0.15) is 5.58 Å². The van der Waals surface area contributed by atoms with E-state index in [4.69, 9.17) is 18.9 Å². The van der Waals surface area contributed by atoms with E-state index in [0.29, 0.717) is 34.4 Å². The van der Waals surface area contributed by atoms with E-state index in [-0.39, 0.29) is 11.3 Å². The van der Waals surface area contributed by atoms with Crippen LogP contribution in [0.1, 0.15) is 40.2 Å². The number of amides is 1. The highest BCUT2D eigenvalue weighted by Crippen LogP contribution is 2.46. The van der Waals surface area contributed by atoms with Crippen LogP contribution in [0.3, 0.4) is 0 Å². The molecule has 0 aliphatic carbocycles. The van der Waals surface area contributed by atoms with Crippen molar-refractivity contribution in [2.75, 3.05) is 18.6 Å². The topological polar surface area (TPSA) is 102 Å². The van der Waals surface area contributed by atoms with Gasteiger partial charge in [0.25, 0.3) is 5.91 Å². The van der Waals surface area contributed by atoms with Gasteiger partial charge in [0.15, 0.2) is 28.1 Å². The average molecular weight is 555 g/mol. The number of aromatic nitrogens is 1. The second kappa shape index (κ2) is 9.84. The third kappa shape index (κ3) is 4.10. The summed E-state index contributed by atoms with van der Waals surface area (Å²) >= 11 is 1.33. The van der Waals surface area contributed by atoms with Crippen molar-refractivity contribution in [3.63, 3.8) is 0 Å². The molecule has 0 saturated carbocycles. The van der Waals surface area contributed by atoms with E-state index in [1.807, 2.05) is 51.1 Å². The number of carbonyl (C=O) groups is 2. The van der Waals surface area contributed by atoms with Crippen LogP contribution in [0, 0.1) is 13.8 Å². The van der Waals surface area contributed by atoms with Gasteiger partial charge in [0, 0.05) is 5.39 Å². The van der Waals surface area contributed by atoms with Gasteiger partial charge in [0.2, 0.25) is 5.78 Å². The molecule has 202 valence electrons. The predicted octanol–water partition coefficient (Wildman–Crippen LogP) is 6.85. The first kappa shape index (κ1) is 25.6. The first-order valence-electron chi connectivity index (χ1n) is 12.8. The zero-order valence-electron chi connectivity index (χ0n) is 22.3. The van der Waals surface area contributed by atoms with Crippen molar-refractivity contribution in [3.8, 4) is 11.5 Å². The van der Waals surface area contributed by atoms with Crippen molar-refractivity contribution in [2.24, 2.45) is 0 Å². The summed E-state index contributed by atoms with van der Waals surface area (Å²) in [6.07, 6.45) is 0. The second-order valence-corrected chi connectivity index (χ2v) is 10.6. The summed E-state index contributed by atoms with van der Waals surface area (Å²) in [5.74, 6) is -0.966. The molecule has 0 radical (unpaired) electrons. The molecule has 1 aliphatic rings. The lowest BCUT2D eigenvalue weighted by atomic mass is 9.95. The number of aryl methyl sites for hydroxylation is 2. The number of aliphatic hydroxyl groups excluding tert-OH is 1. The number of para-hydroxylation sites is 1. The van der Waals surface area contributed by atoms with E-state index >= 15 is 0 Å². The molecule has 0 fully saturated rings.